The van der Waals surface area contributed by atoms with Gasteiger partial charge in [-0.2, -0.15) is 0 Å². The Kier molecular flexibility index (Phi) is 8.46. The van der Waals surface area contributed by atoms with Crippen LogP contribution in [0.4, 0.5) is 0 Å². The van der Waals surface area contributed by atoms with Crippen molar-refractivity contribution >= 4 is 0 Å². The van der Waals surface area contributed by atoms with Crippen molar-refractivity contribution in [2.75, 3.05) is 39.4 Å². The summed E-state index contributed by atoms with van der Waals surface area (Å²) < 4.78 is 0. The molecule has 0 radical (unpaired) electrons. The zero-order chi connectivity index (χ0) is 14.8. The first-order chi connectivity index (χ1) is 9.71. The Labute approximate surface area is 122 Å². The highest BCUT2D eigenvalue weighted by molar-refractivity contribution is 5.24. The monoisotopic (exact) mass is 280 g/mol. The third kappa shape index (κ3) is 6.01. The van der Waals surface area contributed by atoms with Gasteiger partial charge >= 0.3 is 0 Å². The number of nitrogens with one attached hydrogen (secondary N) is 1. The quantitative estimate of drug-likeness (QED) is 0.605. The normalized spacial score (nSPS) is 12.8. The van der Waals surface area contributed by atoms with Crippen LogP contribution in [-0.4, -0.2) is 54.5 Å². The van der Waals surface area contributed by atoms with E-state index < -0.39 is 0 Å². The highest BCUT2D eigenvalue weighted by Crippen LogP contribution is 2.17. The largest absolute Gasteiger partial charge is 0.395 e. The third-order valence-electron chi connectivity index (χ3n) is 3.50. The van der Waals surface area contributed by atoms with E-state index in [1.807, 2.05) is 0 Å². The smallest absolute Gasteiger partial charge is 0.0558 e. The van der Waals surface area contributed by atoms with Gasteiger partial charge < -0.3 is 15.5 Å². The van der Waals surface area contributed by atoms with Crippen LogP contribution in [-0.2, 0) is 0 Å². The molecule has 1 aromatic rings. The van der Waals surface area contributed by atoms with E-state index in [0.29, 0.717) is 19.1 Å². The summed E-state index contributed by atoms with van der Waals surface area (Å²) in [6.45, 7) is 7.51. The maximum Gasteiger partial charge on any atom is 0.0558 e. The van der Waals surface area contributed by atoms with Gasteiger partial charge in [-0.25, -0.2) is 0 Å². The van der Waals surface area contributed by atoms with Crippen molar-refractivity contribution in [3.8, 4) is 0 Å². The van der Waals surface area contributed by atoms with Gasteiger partial charge in [0, 0.05) is 25.7 Å². The Balaban J connectivity index is 2.59. The maximum absolute atomic E-state index is 9.04. The number of benzene rings is 1. The van der Waals surface area contributed by atoms with Gasteiger partial charge in [-0.1, -0.05) is 36.8 Å². The molecule has 1 aromatic carbocycles. The summed E-state index contributed by atoms with van der Waals surface area (Å²) in [5, 5.41) is 21.6. The summed E-state index contributed by atoms with van der Waals surface area (Å²) in [5.41, 5.74) is 2.57. The number of aliphatic hydroxyl groups excluding tert-OH is 2. The molecule has 0 aliphatic carbocycles. The van der Waals surface area contributed by atoms with Gasteiger partial charge in [0.05, 0.1) is 13.2 Å². The van der Waals surface area contributed by atoms with E-state index in [1.165, 1.54) is 11.1 Å². The highest BCUT2D eigenvalue weighted by atomic mass is 16.3. The topological polar surface area (TPSA) is 55.7 Å². The zero-order valence-corrected chi connectivity index (χ0v) is 12.7. The zero-order valence-electron chi connectivity index (χ0n) is 12.7. The van der Waals surface area contributed by atoms with Crippen molar-refractivity contribution in [3.05, 3.63) is 35.4 Å². The summed E-state index contributed by atoms with van der Waals surface area (Å²) in [7, 11) is 0. The number of hydrogen-bond acceptors (Lipinski definition) is 4. The van der Waals surface area contributed by atoms with E-state index in [9.17, 15) is 0 Å². The second-order valence-corrected chi connectivity index (χ2v) is 5.10. The van der Waals surface area contributed by atoms with Crippen molar-refractivity contribution in [2.45, 2.75) is 26.3 Å². The van der Waals surface area contributed by atoms with Crippen molar-refractivity contribution in [1.82, 2.24) is 10.2 Å². The first-order valence-corrected chi connectivity index (χ1v) is 7.45. The van der Waals surface area contributed by atoms with E-state index in [-0.39, 0.29) is 13.2 Å². The van der Waals surface area contributed by atoms with Gasteiger partial charge in [-0.15, -0.1) is 0 Å². The average molecular weight is 280 g/mol. The molecular formula is C16H28N2O2. The fraction of sp³-hybridized carbons (Fsp3) is 0.625. The lowest BCUT2D eigenvalue weighted by molar-refractivity contribution is 0.156. The molecule has 0 amide bonds. The predicted octanol–water partition coefficient (Wildman–Crippen LogP) is 1.32. The van der Waals surface area contributed by atoms with E-state index in [0.717, 1.165) is 19.5 Å². The molecule has 1 rings (SSSR count). The van der Waals surface area contributed by atoms with Crippen LogP contribution in [0, 0.1) is 6.92 Å². The second kappa shape index (κ2) is 9.88. The SMILES string of the molecule is CCNC(CCN(CCO)CCO)c1ccc(C)cc1. The van der Waals surface area contributed by atoms with Crippen LogP contribution >= 0.6 is 0 Å². The molecule has 0 saturated heterocycles. The molecule has 4 heteroatoms. The summed E-state index contributed by atoms with van der Waals surface area (Å²) in [6, 6.07) is 8.94. The number of rotatable bonds is 10. The number of aryl methyl sites for hydroxylation is 1. The third-order valence-corrected chi connectivity index (χ3v) is 3.50. The average Bonchev–Trinajstić information content (AvgIpc) is 2.45. The molecule has 114 valence electrons. The summed E-state index contributed by atoms with van der Waals surface area (Å²) >= 11 is 0. The molecule has 1 unspecified atom stereocenters. The lowest BCUT2D eigenvalue weighted by Crippen LogP contribution is -2.33. The van der Waals surface area contributed by atoms with E-state index in [1.54, 1.807) is 0 Å². The minimum absolute atomic E-state index is 0.135. The summed E-state index contributed by atoms with van der Waals surface area (Å²) in [5.74, 6) is 0. The van der Waals surface area contributed by atoms with Crippen molar-refractivity contribution < 1.29 is 10.2 Å². The molecule has 4 nitrogen and oxygen atoms in total. The standard InChI is InChI=1S/C16H28N2O2/c1-3-17-16(15-6-4-14(2)5-7-15)8-9-18(10-12-19)11-13-20/h4-7,16-17,19-20H,3,8-13H2,1-2H3. The second-order valence-electron chi connectivity index (χ2n) is 5.10. The molecule has 0 heterocycles. The molecule has 0 saturated carbocycles. The molecule has 1 atom stereocenters. The lowest BCUT2D eigenvalue weighted by Gasteiger charge is -2.24. The molecule has 0 aliphatic heterocycles. The van der Waals surface area contributed by atoms with Crippen LogP contribution in [0.1, 0.15) is 30.5 Å². The minimum Gasteiger partial charge on any atom is -0.395 e. The van der Waals surface area contributed by atoms with E-state index in [2.05, 4.69) is 48.3 Å². The van der Waals surface area contributed by atoms with Crippen LogP contribution < -0.4 is 5.32 Å². The van der Waals surface area contributed by atoms with E-state index >= 15 is 0 Å². The van der Waals surface area contributed by atoms with Gasteiger partial charge in [-0.05, 0) is 25.5 Å². The van der Waals surface area contributed by atoms with E-state index in [4.69, 9.17) is 10.2 Å². The highest BCUT2D eigenvalue weighted by Gasteiger charge is 2.12. The summed E-state index contributed by atoms with van der Waals surface area (Å²) in [6.07, 6.45) is 0.969. The van der Waals surface area contributed by atoms with Crippen LogP contribution in [0.3, 0.4) is 0 Å². The summed E-state index contributed by atoms with van der Waals surface area (Å²) in [4.78, 5) is 2.10. The first-order valence-electron chi connectivity index (χ1n) is 7.45. The first kappa shape index (κ1) is 17.1. The van der Waals surface area contributed by atoms with Crippen LogP contribution in [0.5, 0.6) is 0 Å². The number of nitrogens with zero attached hydrogens (tertiary/aromatic N) is 1. The molecule has 3 N–H and O–H groups in total. The molecule has 0 fully saturated rings. The Morgan fingerprint density at radius 2 is 1.65 bits per heavy atom. The fourth-order valence-electron chi connectivity index (χ4n) is 2.36. The molecular weight excluding hydrogens is 252 g/mol. The fourth-order valence-corrected chi connectivity index (χ4v) is 2.36. The van der Waals surface area contributed by atoms with Crippen molar-refractivity contribution in [3.63, 3.8) is 0 Å². The molecule has 0 aromatic heterocycles. The van der Waals surface area contributed by atoms with Gasteiger partial charge in [0.2, 0.25) is 0 Å². The van der Waals surface area contributed by atoms with Gasteiger partial charge in [0.15, 0.2) is 0 Å². The molecule has 20 heavy (non-hydrogen) atoms. The number of aliphatic hydroxyl groups is 2. The van der Waals surface area contributed by atoms with Crippen molar-refractivity contribution in [1.29, 1.82) is 0 Å². The van der Waals surface area contributed by atoms with Crippen LogP contribution in [0.15, 0.2) is 24.3 Å². The Bertz CT molecular complexity index is 348. The number of hydrogen-bond donors (Lipinski definition) is 3. The lowest BCUT2D eigenvalue weighted by atomic mass is 10.0. The molecule has 0 aliphatic rings. The van der Waals surface area contributed by atoms with Gasteiger partial charge in [-0.3, -0.25) is 4.90 Å². The Hall–Kier alpha value is -0.940. The predicted molar refractivity (Wildman–Crippen MR) is 82.8 cm³/mol. The van der Waals surface area contributed by atoms with Crippen LogP contribution in [0.25, 0.3) is 0 Å². The van der Waals surface area contributed by atoms with Gasteiger partial charge in [0.25, 0.3) is 0 Å². The molecule has 0 spiro atoms. The minimum atomic E-state index is 0.135. The Morgan fingerprint density at radius 3 is 2.15 bits per heavy atom. The van der Waals surface area contributed by atoms with Gasteiger partial charge in [0.1, 0.15) is 0 Å². The van der Waals surface area contributed by atoms with Crippen LogP contribution in [0.2, 0.25) is 0 Å². The maximum atomic E-state index is 9.04. The Morgan fingerprint density at radius 1 is 1.05 bits per heavy atom. The molecule has 0 bridgehead atoms. The van der Waals surface area contributed by atoms with Crippen molar-refractivity contribution in [2.24, 2.45) is 0 Å².